The molecule has 0 amide bonds. The van der Waals surface area contributed by atoms with Gasteiger partial charge in [0.2, 0.25) is 8.32 Å². The highest BCUT2D eigenvalue weighted by Crippen LogP contribution is 2.18. The summed E-state index contributed by atoms with van der Waals surface area (Å²) >= 11 is 0. The number of benzene rings is 1. The van der Waals surface area contributed by atoms with Crippen molar-refractivity contribution in [3.05, 3.63) is 29.8 Å². The molecule has 0 fully saturated rings. The molecule has 0 heterocycles. The van der Waals surface area contributed by atoms with Gasteiger partial charge in [-0.15, -0.1) is 0 Å². The van der Waals surface area contributed by atoms with Crippen molar-refractivity contribution >= 4 is 14.1 Å². The van der Waals surface area contributed by atoms with Crippen molar-refractivity contribution in [1.82, 2.24) is 0 Å². The third kappa shape index (κ3) is 11.2. The largest absolute Gasteiger partial charge is 0.544 e. The molecule has 3 nitrogen and oxygen atoms in total. The summed E-state index contributed by atoms with van der Waals surface area (Å²) in [5.74, 6) is 1.07. The first-order chi connectivity index (χ1) is 11.8. The molecule has 0 spiro atoms. The first-order valence-corrected chi connectivity index (χ1v) is 13.2. The number of carbonyl (C=O) groups excluding carboxylic acids is 1. The van der Waals surface area contributed by atoms with E-state index in [1.54, 1.807) is 0 Å². The Bertz CT molecular complexity index is 491. The SMILES string of the molecule is CCCCCCCC(O)CC(=O)CCc1ccc(O[Si](C)(C)C)cc1. The minimum atomic E-state index is -1.57. The van der Waals surface area contributed by atoms with Crippen LogP contribution in [0.2, 0.25) is 19.6 Å². The van der Waals surface area contributed by atoms with Crippen LogP contribution in [0.4, 0.5) is 0 Å². The summed E-state index contributed by atoms with van der Waals surface area (Å²) < 4.78 is 5.94. The Hall–Kier alpha value is -1.13. The van der Waals surface area contributed by atoms with E-state index in [1.165, 1.54) is 19.3 Å². The fraction of sp³-hybridized carbons (Fsp3) is 0.667. The molecule has 1 unspecified atom stereocenters. The van der Waals surface area contributed by atoms with Gasteiger partial charge in [0.25, 0.3) is 0 Å². The second kappa shape index (κ2) is 11.5. The molecule has 1 rings (SSSR count). The predicted octanol–water partition coefficient (Wildman–Crippen LogP) is 5.51. The van der Waals surface area contributed by atoms with Gasteiger partial charge in [-0.2, -0.15) is 0 Å². The van der Waals surface area contributed by atoms with Gasteiger partial charge in [-0.05, 0) is 50.2 Å². The molecule has 0 aliphatic carbocycles. The fourth-order valence-corrected chi connectivity index (χ4v) is 3.66. The summed E-state index contributed by atoms with van der Waals surface area (Å²) in [5.41, 5.74) is 1.14. The number of Topliss-reactive ketones (excluding diaryl/α,β-unsaturated/α-hetero) is 1. The summed E-state index contributed by atoms with van der Waals surface area (Å²) in [6.07, 6.45) is 7.70. The van der Waals surface area contributed by atoms with E-state index >= 15 is 0 Å². The monoisotopic (exact) mass is 364 g/mol. The Labute approximate surface area is 154 Å². The van der Waals surface area contributed by atoms with Crippen LogP contribution in [0.25, 0.3) is 0 Å². The lowest BCUT2D eigenvalue weighted by Crippen LogP contribution is -2.29. The van der Waals surface area contributed by atoms with Crippen LogP contribution in [0.15, 0.2) is 24.3 Å². The first-order valence-electron chi connectivity index (χ1n) is 9.78. The van der Waals surface area contributed by atoms with Crippen molar-refractivity contribution in [2.45, 2.75) is 90.5 Å². The number of aryl methyl sites for hydroxylation is 1. The Morgan fingerprint density at radius 3 is 2.32 bits per heavy atom. The lowest BCUT2D eigenvalue weighted by molar-refractivity contribution is -0.121. The molecular formula is C21H36O3Si. The third-order valence-electron chi connectivity index (χ3n) is 4.14. The summed E-state index contributed by atoms with van der Waals surface area (Å²) in [7, 11) is -1.57. The van der Waals surface area contributed by atoms with Crippen LogP contribution >= 0.6 is 0 Å². The third-order valence-corrected chi connectivity index (χ3v) is 4.99. The minimum Gasteiger partial charge on any atom is -0.544 e. The Morgan fingerprint density at radius 1 is 1.08 bits per heavy atom. The molecule has 0 aromatic heterocycles. The fourth-order valence-electron chi connectivity index (χ4n) is 2.81. The van der Waals surface area contributed by atoms with Gasteiger partial charge in [0.15, 0.2) is 0 Å². The van der Waals surface area contributed by atoms with Crippen molar-refractivity contribution in [2.24, 2.45) is 0 Å². The minimum absolute atomic E-state index is 0.156. The molecule has 0 saturated carbocycles. The maximum Gasteiger partial charge on any atom is 0.242 e. The van der Waals surface area contributed by atoms with Crippen LogP contribution in [-0.4, -0.2) is 25.3 Å². The van der Waals surface area contributed by atoms with Crippen molar-refractivity contribution < 1.29 is 14.3 Å². The number of aliphatic hydroxyl groups is 1. The molecule has 1 aromatic rings. The number of hydrogen-bond acceptors (Lipinski definition) is 3. The van der Waals surface area contributed by atoms with E-state index in [2.05, 4.69) is 26.6 Å². The average Bonchev–Trinajstić information content (AvgIpc) is 2.52. The lowest BCUT2D eigenvalue weighted by atomic mass is 10.0. The van der Waals surface area contributed by atoms with Gasteiger partial charge < -0.3 is 9.53 Å². The average molecular weight is 365 g/mol. The van der Waals surface area contributed by atoms with E-state index in [4.69, 9.17) is 4.43 Å². The predicted molar refractivity (Wildman–Crippen MR) is 108 cm³/mol. The molecule has 0 aliphatic heterocycles. The standard InChI is InChI=1S/C21H36O3Si/c1-5-6-7-8-9-10-19(22)17-20(23)14-11-18-12-15-21(16-13-18)24-25(2,3)4/h12-13,15-16,19,22H,5-11,14,17H2,1-4H3. The van der Waals surface area contributed by atoms with Gasteiger partial charge in [0.1, 0.15) is 11.5 Å². The van der Waals surface area contributed by atoms with Crippen LogP contribution in [0, 0.1) is 0 Å². The number of hydrogen-bond donors (Lipinski definition) is 1. The van der Waals surface area contributed by atoms with Gasteiger partial charge in [0.05, 0.1) is 6.10 Å². The second-order valence-corrected chi connectivity index (χ2v) is 12.4. The van der Waals surface area contributed by atoms with E-state index in [0.717, 1.165) is 37.0 Å². The summed E-state index contributed by atoms with van der Waals surface area (Å²) in [6.45, 7) is 8.68. The Kier molecular flexibility index (Phi) is 10.1. The van der Waals surface area contributed by atoms with Gasteiger partial charge in [-0.3, -0.25) is 4.79 Å². The van der Waals surface area contributed by atoms with Crippen LogP contribution in [0.3, 0.4) is 0 Å². The molecule has 0 aliphatic rings. The maximum atomic E-state index is 12.0. The lowest BCUT2D eigenvalue weighted by Gasteiger charge is -2.19. The number of carbonyl (C=O) groups is 1. The Morgan fingerprint density at radius 2 is 1.72 bits per heavy atom. The van der Waals surface area contributed by atoms with Crippen molar-refractivity contribution in [3.8, 4) is 5.75 Å². The molecule has 0 radical (unpaired) electrons. The van der Waals surface area contributed by atoms with Gasteiger partial charge in [0, 0.05) is 12.8 Å². The molecule has 0 bridgehead atoms. The molecule has 1 aromatic carbocycles. The number of aliphatic hydroxyl groups excluding tert-OH is 1. The molecule has 142 valence electrons. The zero-order valence-electron chi connectivity index (χ0n) is 16.5. The van der Waals surface area contributed by atoms with Crippen molar-refractivity contribution in [3.63, 3.8) is 0 Å². The van der Waals surface area contributed by atoms with E-state index in [0.29, 0.717) is 12.8 Å². The van der Waals surface area contributed by atoms with E-state index in [9.17, 15) is 9.90 Å². The highest BCUT2D eigenvalue weighted by atomic mass is 28.4. The topological polar surface area (TPSA) is 46.5 Å². The quantitative estimate of drug-likeness (QED) is 0.370. The highest BCUT2D eigenvalue weighted by Gasteiger charge is 2.16. The first kappa shape index (κ1) is 21.9. The molecule has 1 N–H and O–H groups in total. The summed E-state index contributed by atoms with van der Waals surface area (Å²) in [5, 5.41) is 9.98. The maximum absolute atomic E-state index is 12.0. The Balaban J connectivity index is 2.24. The number of ketones is 1. The molecule has 1 atom stereocenters. The van der Waals surface area contributed by atoms with E-state index < -0.39 is 14.4 Å². The molecule has 0 saturated heterocycles. The van der Waals surface area contributed by atoms with E-state index in [1.807, 2.05) is 24.3 Å². The molecule has 4 heteroatoms. The normalized spacial score (nSPS) is 12.8. The van der Waals surface area contributed by atoms with Crippen LogP contribution < -0.4 is 4.43 Å². The number of unbranched alkanes of at least 4 members (excludes halogenated alkanes) is 4. The van der Waals surface area contributed by atoms with Gasteiger partial charge in [-0.1, -0.05) is 51.2 Å². The highest BCUT2D eigenvalue weighted by molar-refractivity contribution is 6.70. The van der Waals surface area contributed by atoms with E-state index in [-0.39, 0.29) is 5.78 Å². The van der Waals surface area contributed by atoms with Crippen molar-refractivity contribution in [1.29, 1.82) is 0 Å². The molecular weight excluding hydrogens is 328 g/mol. The van der Waals surface area contributed by atoms with Crippen LogP contribution in [0.1, 0.15) is 63.9 Å². The summed E-state index contributed by atoms with van der Waals surface area (Å²) in [4.78, 5) is 12.0. The van der Waals surface area contributed by atoms with Gasteiger partial charge in [-0.25, -0.2) is 0 Å². The summed E-state index contributed by atoms with van der Waals surface area (Å²) in [6, 6.07) is 8.05. The zero-order valence-corrected chi connectivity index (χ0v) is 17.5. The van der Waals surface area contributed by atoms with Gasteiger partial charge >= 0.3 is 0 Å². The zero-order chi connectivity index (χ0) is 18.7. The smallest absolute Gasteiger partial charge is 0.242 e. The molecule has 25 heavy (non-hydrogen) atoms. The van der Waals surface area contributed by atoms with Crippen LogP contribution in [0.5, 0.6) is 5.75 Å². The van der Waals surface area contributed by atoms with Crippen molar-refractivity contribution in [2.75, 3.05) is 0 Å². The number of rotatable bonds is 13. The second-order valence-electron chi connectivity index (χ2n) is 7.96. The van der Waals surface area contributed by atoms with Crippen LogP contribution in [-0.2, 0) is 11.2 Å².